The maximum atomic E-state index is 13.1. The van der Waals surface area contributed by atoms with Crippen LogP contribution in [0.25, 0.3) is 5.65 Å². The number of pyridine rings is 1. The summed E-state index contributed by atoms with van der Waals surface area (Å²) >= 11 is 0. The molecule has 3 heterocycles. The number of hydrogen-bond donors (Lipinski definition) is 1. The topological polar surface area (TPSA) is 45.5 Å². The van der Waals surface area contributed by atoms with E-state index in [-0.39, 0.29) is 5.82 Å². The molecule has 6 heteroatoms. The van der Waals surface area contributed by atoms with Crippen LogP contribution in [0.5, 0.6) is 0 Å². The Kier molecular flexibility index (Phi) is 3.82. The summed E-state index contributed by atoms with van der Waals surface area (Å²) in [5.74, 6) is 0.284. The van der Waals surface area contributed by atoms with E-state index in [1.54, 1.807) is 6.07 Å². The fraction of sp³-hybridized carbons (Fsp3) is 0.571. The maximum Gasteiger partial charge on any atom is 0.243 e. The minimum Gasteiger partial charge on any atom is -0.350 e. The van der Waals surface area contributed by atoms with Crippen molar-refractivity contribution in [2.45, 2.75) is 32.2 Å². The number of piperidine rings is 1. The van der Waals surface area contributed by atoms with E-state index in [9.17, 15) is 4.39 Å². The van der Waals surface area contributed by atoms with Gasteiger partial charge in [-0.25, -0.2) is 8.91 Å². The van der Waals surface area contributed by atoms with Gasteiger partial charge in [-0.3, -0.25) is 0 Å². The molecule has 20 heavy (non-hydrogen) atoms. The van der Waals surface area contributed by atoms with Crippen LogP contribution in [0.2, 0.25) is 0 Å². The average molecular weight is 277 g/mol. The monoisotopic (exact) mass is 277 g/mol. The van der Waals surface area contributed by atoms with E-state index in [1.165, 1.54) is 29.7 Å². The van der Waals surface area contributed by atoms with Gasteiger partial charge in [0, 0.05) is 19.1 Å². The summed E-state index contributed by atoms with van der Waals surface area (Å²) in [7, 11) is 0. The standard InChI is InChI=1S/C14H20FN5/c1-2-7-19-8-5-12(6-9-19)16-14-17-13-4-3-11(15)10-20(13)18-14/h3-4,10,12H,2,5-9H2,1H3,(H,16,18). The van der Waals surface area contributed by atoms with Crippen molar-refractivity contribution < 1.29 is 4.39 Å². The first kappa shape index (κ1) is 13.3. The van der Waals surface area contributed by atoms with Crippen molar-refractivity contribution in [2.24, 2.45) is 0 Å². The van der Waals surface area contributed by atoms with Gasteiger partial charge in [-0.2, -0.15) is 4.98 Å². The zero-order chi connectivity index (χ0) is 13.9. The molecule has 0 spiro atoms. The normalized spacial score (nSPS) is 17.7. The second kappa shape index (κ2) is 5.75. The van der Waals surface area contributed by atoms with Crippen LogP contribution in [-0.2, 0) is 0 Å². The summed E-state index contributed by atoms with van der Waals surface area (Å²) in [6, 6.07) is 3.44. The summed E-state index contributed by atoms with van der Waals surface area (Å²) < 4.78 is 14.6. The number of anilines is 1. The Hall–Kier alpha value is -1.69. The molecule has 0 amide bonds. The second-order valence-electron chi connectivity index (χ2n) is 5.35. The highest BCUT2D eigenvalue weighted by Crippen LogP contribution is 2.15. The van der Waals surface area contributed by atoms with Crippen molar-refractivity contribution in [1.29, 1.82) is 0 Å². The van der Waals surface area contributed by atoms with Crippen molar-refractivity contribution in [3.63, 3.8) is 0 Å². The van der Waals surface area contributed by atoms with Crippen LogP contribution in [0, 0.1) is 5.82 Å². The molecule has 0 atom stereocenters. The average Bonchev–Trinajstić information content (AvgIpc) is 2.82. The van der Waals surface area contributed by atoms with Gasteiger partial charge in [0.1, 0.15) is 5.82 Å². The smallest absolute Gasteiger partial charge is 0.243 e. The Morgan fingerprint density at radius 2 is 2.15 bits per heavy atom. The van der Waals surface area contributed by atoms with Crippen molar-refractivity contribution in [3.8, 4) is 0 Å². The van der Waals surface area contributed by atoms with Gasteiger partial charge in [0.15, 0.2) is 5.65 Å². The van der Waals surface area contributed by atoms with E-state index in [1.807, 2.05) is 0 Å². The van der Waals surface area contributed by atoms with Crippen LogP contribution in [0.15, 0.2) is 18.3 Å². The van der Waals surface area contributed by atoms with Gasteiger partial charge in [-0.05, 0) is 37.9 Å². The largest absolute Gasteiger partial charge is 0.350 e. The molecular formula is C14H20FN5. The Bertz CT molecular complexity index is 574. The van der Waals surface area contributed by atoms with Crippen molar-refractivity contribution in [3.05, 3.63) is 24.1 Å². The van der Waals surface area contributed by atoms with Crippen LogP contribution in [-0.4, -0.2) is 45.2 Å². The molecule has 1 aliphatic rings. The van der Waals surface area contributed by atoms with Crippen LogP contribution in [0.3, 0.4) is 0 Å². The highest BCUT2D eigenvalue weighted by atomic mass is 19.1. The van der Waals surface area contributed by atoms with E-state index >= 15 is 0 Å². The van der Waals surface area contributed by atoms with Crippen molar-refractivity contribution >= 4 is 11.6 Å². The summed E-state index contributed by atoms with van der Waals surface area (Å²) in [6.07, 6.45) is 4.75. The second-order valence-corrected chi connectivity index (χ2v) is 5.35. The number of halogens is 1. The number of hydrogen-bond acceptors (Lipinski definition) is 4. The Morgan fingerprint density at radius 3 is 2.90 bits per heavy atom. The molecule has 0 radical (unpaired) electrons. The summed E-state index contributed by atoms with van der Waals surface area (Å²) in [4.78, 5) is 6.85. The van der Waals surface area contributed by atoms with Gasteiger partial charge in [-0.15, -0.1) is 5.10 Å². The number of fused-ring (bicyclic) bond motifs is 1. The molecule has 2 aromatic heterocycles. The van der Waals surface area contributed by atoms with Crippen LogP contribution < -0.4 is 5.32 Å². The highest BCUT2D eigenvalue weighted by Gasteiger charge is 2.19. The van der Waals surface area contributed by atoms with E-state index < -0.39 is 0 Å². The molecular weight excluding hydrogens is 257 g/mol. The third-order valence-corrected chi connectivity index (χ3v) is 3.76. The molecule has 1 aliphatic heterocycles. The van der Waals surface area contributed by atoms with Gasteiger partial charge in [-0.1, -0.05) is 6.92 Å². The molecule has 108 valence electrons. The maximum absolute atomic E-state index is 13.1. The molecule has 0 aromatic carbocycles. The Balaban J connectivity index is 1.62. The zero-order valence-electron chi connectivity index (χ0n) is 11.7. The lowest BCUT2D eigenvalue weighted by molar-refractivity contribution is 0.219. The molecule has 0 unspecified atom stereocenters. The molecule has 0 saturated carbocycles. The van der Waals surface area contributed by atoms with Crippen molar-refractivity contribution in [2.75, 3.05) is 25.0 Å². The minimum absolute atomic E-state index is 0.304. The third-order valence-electron chi connectivity index (χ3n) is 3.76. The number of nitrogens with zero attached hydrogens (tertiary/aromatic N) is 4. The van der Waals surface area contributed by atoms with Gasteiger partial charge in [0.05, 0.1) is 6.20 Å². The molecule has 2 aromatic rings. The first-order chi connectivity index (χ1) is 9.74. The number of aromatic nitrogens is 3. The molecule has 1 N–H and O–H groups in total. The fourth-order valence-corrected chi connectivity index (χ4v) is 2.72. The van der Waals surface area contributed by atoms with Crippen LogP contribution in [0.1, 0.15) is 26.2 Å². The molecule has 0 aliphatic carbocycles. The molecule has 0 bridgehead atoms. The first-order valence-electron chi connectivity index (χ1n) is 7.25. The van der Waals surface area contributed by atoms with E-state index in [0.717, 1.165) is 25.9 Å². The molecule has 3 rings (SSSR count). The van der Waals surface area contributed by atoms with Crippen LogP contribution >= 0.6 is 0 Å². The SMILES string of the molecule is CCCN1CCC(Nc2nc3ccc(F)cn3n2)CC1. The number of likely N-dealkylation sites (tertiary alicyclic amines) is 1. The molecule has 1 fully saturated rings. The van der Waals surface area contributed by atoms with E-state index in [2.05, 4.69) is 27.2 Å². The summed E-state index contributed by atoms with van der Waals surface area (Å²) in [5, 5.41) is 7.62. The quantitative estimate of drug-likeness (QED) is 0.930. The summed E-state index contributed by atoms with van der Waals surface area (Å²) in [6.45, 7) is 5.63. The molecule has 5 nitrogen and oxygen atoms in total. The van der Waals surface area contributed by atoms with Gasteiger partial charge in [0.25, 0.3) is 0 Å². The van der Waals surface area contributed by atoms with Gasteiger partial charge in [0.2, 0.25) is 5.95 Å². The zero-order valence-corrected chi connectivity index (χ0v) is 11.7. The first-order valence-corrected chi connectivity index (χ1v) is 7.25. The van der Waals surface area contributed by atoms with Gasteiger partial charge >= 0.3 is 0 Å². The predicted molar refractivity (Wildman–Crippen MR) is 76.3 cm³/mol. The fourth-order valence-electron chi connectivity index (χ4n) is 2.72. The minimum atomic E-state index is -0.304. The van der Waals surface area contributed by atoms with E-state index in [0.29, 0.717) is 17.6 Å². The van der Waals surface area contributed by atoms with E-state index in [4.69, 9.17) is 0 Å². The Labute approximate surface area is 117 Å². The number of rotatable bonds is 4. The number of nitrogens with one attached hydrogen (secondary N) is 1. The Morgan fingerprint density at radius 1 is 1.35 bits per heavy atom. The van der Waals surface area contributed by atoms with Crippen molar-refractivity contribution in [1.82, 2.24) is 19.5 Å². The lowest BCUT2D eigenvalue weighted by atomic mass is 10.1. The summed E-state index contributed by atoms with van der Waals surface area (Å²) in [5.41, 5.74) is 0.664. The third kappa shape index (κ3) is 2.90. The highest BCUT2D eigenvalue weighted by molar-refractivity contribution is 5.43. The lowest BCUT2D eigenvalue weighted by Gasteiger charge is -2.31. The lowest BCUT2D eigenvalue weighted by Crippen LogP contribution is -2.39. The van der Waals surface area contributed by atoms with Gasteiger partial charge < -0.3 is 10.2 Å². The predicted octanol–water partition coefficient (Wildman–Crippen LogP) is 2.15. The van der Waals surface area contributed by atoms with Crippen LogP contribution in [0.4, 0.5) is 10.3 Å². The molecule has 1 saturated heterocycles.